The van der Waals surface area contributed by atoms with Crippen molar-refractivity contribution in [3.63, 3.8) is 0 Å². The third-order valence-corrected chi connectivity index (χ3v) is 26.3. The van der Waals surface area contributed by atoms with Gasteiger partial charge in [-0.3, -0.25) is 0 Å². The van der Waals surface area contributed by atoms with Gasteiger partial charge in [-0.25, -0.2) is 0 Å². The number of aryl methyl sites for hydroxylation is 5. The van der Waals surface area contributed by atoms with Crippen molar-refractivity contribution in [2.45, 2.75) is 64.2 Å². The maximum atomic E-state index is 2.41. The van der Waals surface area contributed by atoms with Gasteiger partial charge in [0, 0.05) is 168 Å². The minimum absolute atomic E-state index is 0.456. The van der Waals surface area contributed by atoms with Crippen molar-refractivity contribution >= 4 is 109 Å². The predicted octanol–water partition coefficient (Wildman–Crippen LogP) is 27.3. The molecule has 5 aromatic heterocycles. The fourth-order valence-electron chi connectivity index (χ4n) is 20.9. The predicted molar refractivity (Wildman–Crippen MR) is 467 cm³/mol. The first-order chi connectivity index (χ1) is 53.8. The molecule has 0 spiro atoms. The van der Waals surface area contributed by atoms with E-state index >= 15 is 0 Å². The number of fused-ring (bicyclic) bond motifs is 33. The fraction of sp³-hybridized carbons (Fsp3) is 0.143. The average Bonchev–Trinajstić information content (AvgIpc) is 1.58. The molecular weight excluding hydrogens is 1330 g/mol. The monoisotopic (exact) mass is 1420 g/mol. The van der Waals surface area contributed by atoms with Crippen molar-refractivity contribution in [1.82, 2.24) is 22.8 Å². The van der Waals surface area contributed by atoms with E-state index in [1.807, 2.05) is 0 Å². The lowest BCUT2D eigenvalue weighted by Crippen LogP contribution is -1.95. The molecule has 5 atom stereocenters. The van der Waals surface area contributed by atoms with E-state index in [2.05, 4.69) is 396 Å². The summed E-state index contributed by atoms with van der Waals surface area (Å²) >= 11 is 0. The Kier molecular flexibility index (Phi) is 14.9. The first kappa shape index (κ1) is 65.6. The molecule has 0 N–H and O–H groups in total. The highest BCUT2D eigenvalue weighted by Crippen LogP contribution is 2.54. The lowest BCUT2D eigenvalue weighted by Gasteiger charge is -2.10. The van der Waals surface area contributed by atoms with Crippen LogP contribution >= 0.6 is 0 Å². The van der Waals surface area contributed by atoms with Gasteiger partial charge in [-0.15, -0.1) is 0 Å². The molecule has 530 valence electrons. The molecule has 0 fully saturated rings. The third kappa shape index (κ3) is 9.40. The van der Waals surface area contributed by atoms with Crippen LogP contribution in [0.25, 0.3) is 165 Å². The second kappa shape index (κ2) is 24.9. The number of benzene rings is 15. The van der Waals surface area contributed by atoms with Crippen molar-refractivity contribution in [2.75, 3.05) is 0 Å². The van der Waals surface area contributed by atoms with Gasteiger partial charge in [0.05, 0.1) is 5.52 Å². The van der Waals surface area contributed by atoms with E-state index < -0.39 is 0 Å². The van der Waals surface area contributed by atoms with Gasteiger partial charge in [0.2, 0.25) is 0 Å². The number of aromatic nitrogens is 5. The molecule has 5 aliphatic carbocycles. The Morgan fingerprint density at radius 2 is 0.518 bits per heavy atom. The standard InChI is InChI=1S/5C21H17N/c1-13-14-7-3-4-8-15(14)18-11-19-16-9-5-6-10-20(16)22(2)21(19)12-17(13)18;1-13-14-7-3-4-8-15(14)18-12-21-19(11-17(13)18)16-9-5-6-10-20(16)22(21)2;1-13-14-7-3-4-8-16(14)20-15(13)11-12-19-21(20)17-9-5-6-10-18(17)22(19)2;1-13-14-7-3-4-8-15(14)16-11-12-19-21(20(13)16)17-9-5-6-10-18(17)22(19)2;1-13-14-7-3-4-8-15(14)17-11-12-18-16-9-5-6-10-19(16)22(2)21(18)20(13)17/h5*3-13H,1-2H3. The van der Waals surface area contributed by atoms with Crippen LogP contribution in [0.15, 0.2) is 303 Å². The van der Waals surface area contributed by atoms with Crippen LogP contribution in [-0.4, -0.2) is 22.8 Å². The molecular formula is C105H85N5. The first-order valence-corrected chi connectivity index (χ1v) is 39.3. The van der Waals surface area contributed by atoms with Gasteiger partial charge < -0.3 is 22.8 Å². The summed E-state index contributed by atoms with van der Waals surface area (Å²) in [6, 6.07) is 111. The van der Waals surface area contributed by atoms with Gasteiger partial charge in [-0.1, -0.05) is 271 Å². The highest BCUT2D eigenvalue weighted by Gasteiger charge is 2.34. The number of para-hydroxylation sites is 5. The second-order valence-electron chi connectivity index (χ2n) is 31.6. The lowest BCUT2D eigenvalue weighted by molar-refractivity contribution is 0.936. The van der Waals surface area contributed by atoms with Crippen LogP contribution in [0.2, 0.25) is 0 Å². The molecule has 0 bridgehead atoms. The van der Waals surface area contributed by atoms with Gasteiger partial charge in [-0.2, -0.15) is 0 Å². The summed E-state index contributed by atoms with van der Waals surface area (Å²) in [7, 11) is 10.9. The number of hydrogen-bond donors (Lipinski definition) is 0. The average molecular weight is 1420 g/mol. The molecule has 5 nitrogen and oxygen atoms in total. The molecule has 0 aliphatic heterocycles. The van der Waals surface area contributed by atoms with E-state index in [4.69, 9.17) is 0 Å². The smallest absolute Gasteiger partial charge is 0.0533 e. The summed E-state index contributed by atoms with van der Waals surface area (Å²) in [5.74, 6) is 2.36. The van der Waals surface area contributed by atoms with Crippen molar-refractivity contribution in [3.05, 3.63) is 359 Å². The van der Waals surface area contributed by atoms with Crippen LogP contribution in [0.4, 0.5) is 0 Å². The molecule has 5 heterocycles. The van der Waals surface area contributed by atoms with Crippen molar-refractivity contribution in [2.24, 2.45) is 35.2 Å². The summed E-state index contributed by atoms with van der Waals surface area (Å²) in [5.41, 5.74) is 42.0. The number of nitrogens with zero attached hydrogens (tertiary/aromatic N) is 5. The summed E-state index contributed by atoms with van der Waals surface area (Å²) in [5, 5.41) is 13.7. The topological polar surface area (TPSA) is 24.6 Å². The Morgan fingerprint density at radius 1 is 0.182 bits per heavy atom. The molecule has 0 saturated heterocycles. The molecule has 5 heteroatoms. The molecule has 20 aromatic rings. The molecule has 0 radical (unpaired) electrons. The Bertz CT molecular complexity index is 7220. The van der Waals surface area contributed by atoms with Gasteiger partial charge in [0.1, 0.15) is 0 Å². The van der Waals surface area contributed by atoms with E-state index in [9.17, 15) is 0 Å². The normalized spacial score (nSPS) is 16.2. The van der Waals surface area contributed by atoms with Crippen LogP contribution in [0.5, 0.6) is 0 Å². The van der Waals surface area contributed by atoms with E-state index in [1.54, 1.807) is 0 Å². The zero-order valence-corrected chi connectivity index (χ0v) is 64.0. The highest BCUT2D eigenvalue weighted by molar-refractivity contribution is 6.18. The van der Waals surface area contributed by atoms with Crippen molar-refractivity contribution < 1.29 is 0 Å². The Hall–Kier alpha value is -12.7. The number of rotatable bonds is 0. The van der Waals surface area contributed by atoms with E-state index in [0.717, 1.165) is 0 Å². The highest BCUT2D eigenvalue weighted by atomic mass is 15.0. The zero-order chi connectivity index (χ0) is 74.2. The summed E-state index contributed by atoms with van der Waals surface area (Å²) in [6.07, 6.45) is 0. The fourth-order valence-corrected chi connectivity index (χ4v) is 20.9. The van der Waals surface area contributed by atoms with Crippen molar-refractivity contribution in [3.8, 4) is 55.6 Å². The van der Waals surface area contributed by atoms with Crippen LogP contribution in [0, 0.1) is 0 Å². The van der Waals surface area contributed by atoms with Crippen LogP contribution in [-0.2, 0) is 35.2 Å². The second-order valence-corrected chi connectivity index (χ2v) is 31.6. The van der Waals surface area contributed by atoms with Gasteiger partial charge in [0.15, 0.2) is 0 Å². The molecule has 5 unspecified atom stereocenters. The van der Waals surface area contributed by atoms with E-state index in [1.165, 1.54) is 220 Å². The Balaban J connectivity index is 0.0000000873. The SMILES string of the molecule is CC1c2ccccc2-c2c1ccc1c2c2ccccc2n1C.CC1c2ccccc2-c2cc3c(cc21)c1ccccc1n3C.CC1c2ccccc2-c2cc3c4ccccc4n(C)c3cc21.CC1c2ccccc2-c2ccc3c(c21)c1ccccc1n3C.CC1c2ccccc2-c2ccc3c4ccccc4n(C)c3c21. The Morgan fingerprint density at radius 3 is 1.06 bits per heavy atom. The van der Waals surface area contributed by atoms with Gasteiger partial charge in [0.25, 0.3) is 0 Å². The maximum Gasteiger partial charge on any atom is 0.0533 e. The molecule has 0 saturated carbocycles. The number of hydrogen-bond acceptors (Lipinski definition) is 0. The molecule has 15 aromatic carbocycles. The molecule has 5 aliphatic rings. The lowest BCUT2D eigenvalue weighted by atomic mass is 9.95. The zero-order valence-electron chi connectivity index (χ0n) is 64.0. The summed E-state index contributed by atoms with van der Waals surface area (Å²) < 4.78 is 11.6. The van der Waals surface area contributed by atoms with E-state index in [0.29, 0.717) is 29.6 Å². The van der Waals surface area contributed by atoms with E-state index in [-0.39, 0.29) is 0 Å². The van der Waals surface area contributed by atoms with Crippen LogP contribution in [0.3, 0.4) is 0 Å². The van der Waals surface area contributed by atoms with Crippen LogP contribution in [0.1, 0.15) is 120 Å². The van der Waals surface area contributed by atoms with Gasteiger partial charge in [-0.05, 0) is 178 Å². The minimum atomic E-state index is 0.456. The quantitative estimate of drug-likeness (QED) is 0.145. The van der Waals surface area contributed by atoms with Crippen molar-refractivity contribution in [1.29, 1.82) is 0 Å². The minimum Gasteiger partial charge on any atom is -0.344 e. The Labute approximate surface area is 641 Å². The maximum absolute atomic E-state index is 2.41. The largest absolute Gasteiger partial charge is 0.344 e. The summed E-state index contributed by atoms with van der Waals surface area (Å²) in [4.78, 5) is 0. The molecule has 110 heavy (non-hydrogen) atoms. The summed E-state index contributed by atoms with van der Waals surface area (Å²) in [6.45, 7) is 11.6. The first-order valence-electron chi connectivity index (χ1n) is 39.3. The van der Waals surface area contributed by atoms with Crippen LogP contribution < -0.4 is 0 Å². The third-order valence-electron chi connectivity index (χ3n) is 26.3. The van der Waals surface area contributed by atoms with Gasteiger partial charge >= 0.3 is 0 Å². The molecule has 0 amide bonds. The molecule has 25 rings (SSSR count).